The van der Waals surface area contributed by atoms with E-state index in [2.05, 4.69) is 10.3 Å². The molecule has 1 aromatic heterocycles. The standard InChI is InChI=1S/C21H23FN2O3/c22-12-5-6-13-15(10-17(25)23-16(13)9-12)21(26)24-19-14-7-8-27-20(14)18(19)11-3-1-2-4-11/h5-6,9-11,14,18-20H,1-4,7-8H2,(H,23,25)(H,24,26)/t14-,18+,19+,20-/m0/s1. The number of carbonyl (C=O) groups excluding carboxylic acids is 1. The van der Waals surface area contributed by atoms with Gasteiger partial charge in [-0.15, -0.1) is 0 Å². The summed E-state index contributed by atoms with van der Waals surface area (Å²) in [6.45, 7) is 0.762. The number of pyridine rings is 1. The number of hydrogen-bond acceptors (Lipinski definition) is 3. The van der Waals surface area contributed by atoms with E-state index in [0.717, 1.165) is 13.0 Å². The minimum absolute atomic E-state index is 0.0999. The molecule has 2 saturated carbocycles. The Bertz CT molecular complexity index is 945. The van der Waals surface area contributed by atoms with Crippen molar-refractivity contribution in [3.05, 3.63) is 46.0 Å². The molecular weight excluding hydrogens is 347 g/mol. The Labute approximate surface area is 156 Å². The summed E-state index contributed by atoms with van der Waals surface area (Å²) in [4.78, 5) is 27.6. The monoisotopic (exact) mass is 370 g/mol. The van der Waals surface area contributed by atoms with E-state index in [0.29, 0.717) is 34.2 Å². The van der Waals surface area contributed by atoms with Crippen LogP contribution in [0.1, 0.15) is 42.5 Å². The van der Waals surface area contributed by atoms with Gasteiger partial charge in [0.15, 0.2) is 0 Å². The quantitative estimate of drug-likeness (QED) is 0.873. The fourth-order valence-electron chi connectivity index (χ4n) is 5.51. The van der Waals surface area contributed by atoms with Gasteiger partial charge in [-0.05, 0) is 30.5 Å². The van der Waals surface area contributed by atoms with Gasteiger partial charge in [0, 0.05) is 35.9 Å². The highest BCUT2D eigenvalue weighted by Crippen LogP contribution is 2.51. The SMILES string of the molecule is O=C(N[C@@H]1[C@@H]2CCO[C@@H]2[C@@H]1C1CCCC1)c1cc(=O)[nH]c2cc(F)ccc12. The number of aromatic nitrogens is 1. The normalized spacial score (nSPS) is 30.3. The number of H-pyrrole nitrogens is 1. The van der Waals surface area contributed by atoms with Crippen molar-refractivity contribution in [2.75, 3.05) is 6.61 Å². The summed E-state index contributed by atoms with van der Waals surface area (Å²) in [6, 6.07) is 5.51. The van der Waals surface area contributed by atoms with Crippen molar-refractivity contribution in [3.63, 3.8) is 0 Å². The summed E-state index contributed by atoms with van der Waals surface area (Å²) in [5.74, 6) is 0.651. The summed E-state index contributed by atoms with van der Waals surface area (Å²) in [5, 5.41) is 3.76. The zero-order valence-corrected chi connectivity index (χ0v) is 15.0. The van der Waals surface area contributed by atoms with Crippen LogP contribution >= 0.6 is 0 Å². The first-order chi connectivity index (χ1) is 13.1. The fraction of sp³-hybridized carbons (Fsp3) is 0.524. The number of halogens is 1. The smallest absolute Gasteiger partial charge is 0.252 e. The second-order valence-corrected chi connectivity index (χ2v) is 8.15. The Hall–Kier alpha value is -2.21. The number of hydrogen-bond donors (Lipinski definition) is 2. The molecule has 2 N–H and O–H groups in total. The maximum atomic E-state index is 13.5. The molecule has 2 aromatic rings. The van der Waals surface area contributed by atoms with Crippen molar-refractivity contribution in [3.8, 4) is 0 Å². The van der Waals surface area contributed by atoms with Crippen LogP contribution < -0.4 is 10.9 Å². The zero-order valence-electron chi connectivity index (χ0n) is 15.0. The van der Waals surface area contributed by atoms with Crippen LogP contribution in [0.3, 0.4) is 0 Å². The molecule has 142 valence electrons. The van der Waals surface area contributed by atoms with E-state index < -0.39 is 11.4 Å². The highest BCUT2D eigenvalue weighted by molar-refractivity contribution is 6.06. The number of amides is 1. The molecule has 27 heavy (non-hydrogen) atoms. The average Bonchev–Trinajstić information content (AvgIpc) is 3.29. The molecule has 0 bridgehead atoms. The van der Waals surface area contributed by atoms with Crippen molar-refractivity contribution in [1.82, 2.24) is 10.3 Å². The first kappa shape index (κ1) is 16.9. The number of ether oxygens (including phenoxy) is 1. The Morgan fingerprint density at radius 3 is 2.81 bits per heavy atom. The van der Waals surface area contributed by atoms with Gasteiger partial charge in [-0.3, -0.25) is 9.59 Å². The largest absolute Gasteiger partial charge is 0.377 e. The summed E-state index contributed by atoms with van der Waals surface area (Å²) >= 11 is 0. The summed E-state index contributed by atoms with van der Waals surface area (Å²) in [6.07, 6.45) is 6.16. The number of rotatable bonds is 3. The van der Waals surface area contributed by atoms with Gasteiger partial charge in [0.05, 0.1) is 17.2 Å². The Balaban J connectivity index is 1.44. The van der Waals surface area contributed by atoms with E-state index in [1.165, 1.54) is 43.9 Å². The second-order valence-electron chi connectivity index (χ2n) is 8.15. The van der Waals surface area contributed by atoms with Crippen molar-refractivity contribution in [1.29, 1.82) is 0 Å². The van der Waals surface area contributed by atoms with Gasteiger partial charge in [-0.2, -0.15) is 0 Å². The van der Waals surface area contributed by atoms with Crippen LogP contribution in [0.4, 0.5) is 4.39 Å². The minimum Gasteiger partial charge on any atom is -0.377 e. The lowest BCUT2D eigenvalue weighted by molar-refractivity contribution is -0.0784. The van der Waals surface area contributed by atoms with Crippen LogP contribution in [0.5, 0.6) is 0 Å². The Morgan fingerprint density at radius 1 is 1.19 bits per heavy atom. The van der Waals surface area contributed by atoms with E-state index in [1.54, 1.807) is 6.07 Å². The van der Waals surface area contributed by atoms with Gasteiger partial charge in [0.25, 0.3) is 5.91 Å². The van der Waals surface area contributed by atoms with Crippen LogP contribution in [0.15, 0.2) is 29.1 Å². The number of fused-ring (bicyclic) bond motifs is 2. The number of carbonyl (C=O) groups is 1. The summed E-state index contributed by atoms with van der Waals surface area (Å²) in [5.41, 5.74) is 0.248. The molecule has 0 unspecified atom stereocenters. The Morgan fingerprint density at radius 2 is 2.00 bits per heavy atom. The average molecular weight is 370 g/mol. The molecule has 5 nitrogen and oxygen atoms in total. The fourth-order valence-corrected chi connectivity index (χ4v) is 5.51. The van der Waals surface area contributed by atoms with E-state index in [1.807, 2.05) is 0 Å². The molecule has 1 aliphatic heterocycles. The third-order valence-electron chi connectivity index (χ3n) is 6.73. The lowest BCUT2D eigenvalue weighted by Crippen LogP contribution is -2.63. The molecule has 2 aliphatic carbocycles. The zero-order chi connectivity index (χ0) is 18.5. The van der Waals surface area contributed by atoms with Crippen molar-refractivity contribution >= 4 is 16.8 Å². The van der Waals surface area contributed by atoms with Crippen molar-refractivity contribution < 1.29 is 13.9 Å². The molecule has 1 amide bonds. The molecule has 1 saturated heterocycles. The predicted octanol–water partition coefficient (Wildman–Crippen LogP) is 2.99. The molecule has 1 aromatic carbocycles. The highest BCUT2D eigenvalue weighted by atomic mass is 19.1. The highest BCUT2D eigenvalue weighted by Gasteiger charge is 2.57. The van der Waals surface area contributed by atoms with Gasteiger partial charge < -0.3 is 15.0 Å². The van der Waals surface area contributed by atoms with Crippen molar-refractivity contribution in [2.45, 2.75) is 44.2 Å². The maximum Gasteiger partial charge on any atom is 0.252 e. The van der Waals surface area contributed by atoms with Gasteiger partial charge >= 0.3 is 0 Å². The molecule has 3 fully saturated rings. The minimum atomic E-state index is -0.443. The molecule has 5 rings (SSSR count). The van der Waals surface area contributed by atoms with E-state index in [-0.39, 0.29) is 18.1 Å². The molecule has 4 atom stereocenters. The lowest BCUT2D eigenvalue weighted by atomic mass is 9.61. The molecule has 3 aliphatic rings. The van der Waals surface area contributed by atoms with Gasteiger partial charge in [0.2, 0.25) is 5.56 Å². The second kappa shape index (κ2) is 6.44. The number of benzene rings is 1. The summed E-state index contributed by atoms with van der Waals surface area (Å²) in [7, 11) is 0. The third kappa shape index (κ3) is 2.78. The number of aromatic amines is 1. The first-order valence-corrected chi connectivity index (χ1v) is 9.87. The lowest BCUT2D eigenvalue weighted by Gasteiger charge is -2.50. The molecular formula is C21H23FN2O3. The predicted molar refractivity (Wildman–Crippen MR) is 99.1 cm³/mol. The topological polar surface area (TPSA) is 71.2 Å². The van der Waals surface area contributed by atoms with Crippen LogP contribution in [-0.2, 0) is 4.74 Å². The van der Waals surface area contributed by atoms with Crippen LogP contribution in [-0.4, -0.2) is 29.6 Å². The van der Waals surface area contributed by atoms with Gasteiger partial charge in [0.1, 0.15) is 5.82 Å². The third-order valence-corrected chi connectivity index (χ3v) is 6.73. The molecule has 0 radical (unpaired) electrons. The van der Waals surface area contributed by atoms with E-state index >= 15 is 0 Å². The first-order valence-electron chi connectivity index (χ1n) is 9.87. The van der Waals surface area contributed by atoms with Gasteiger partial charge in [-0.1, -0.05) is 25.7 Å². The maximum absolute atomic E-state index is 13.5. The molecule has 0 spiro atoms. The van der Waals surface area contributed by atoms with E-state index in [9.17, 15) is 14.0 Å². The van der Waals surface area contributed by atoms with E-state index in [4.69, 9.17) is 4.74 Å². The van der Waals surface area contributed by atoms with Crippen LogP contribution in [0.2, 0.25) is 0 Å². The van der Waals surface area contributed by atoms with Crippen molar-refractivity contribution in [2.24, 2.45) is 17.8 Å². The summed E-state index contributed by atoms with van der Waals surface area (Å²) < 4.78 is 19.5. The molecule has 6 heteroatoms. The van der Waals surface area contributed by atoms with Gasteiger partial charge in [-0.25, -0.2) is 4.39 Å². The Kier molecular flexibility index (Phi) is 4.04. The number of nitrogens with one attached hydrogen (secondary N) is 2. The van der Waals surface area contributed by atoms with Crippen LogP contribution in [0, 0.1) is 23.6 Å². The molecule has 2 heterocycles. The van der Waals surface area contributed by atoms with Crippen LogP contribution in [0.25, 0.3) is 10.9 Å².